The Hall–Kier alpha value is -1.53. The average molecular weight is 324 g/mol. The molecule has 0 radical (unpaired) electrons. The van der Waals surface area contributed by atoms with Gasteiger partial charge < -0.3 is 10.3 Å². The van der Waals surface area contributed by atoms with Crippen LogP contribution in [0.1, 0.15) is 11.3 Å². The number of benzene rings is 1. The fourth-order valence-corrected chi connectivity index (χ4v) is 2.59. The SMILES string of the molecule is O=c1[nH]c(-c2cc(F)ccc2Br)nc2c1CNCC2. The lowest BCUT2D eigenvalue weighted by atomic mass is 10.1. The van der Waals surface area contributed by atoms with Gasteiger partial charge in [-0.25, -0.2) is 9.37 Å². The van der Waals surface area contributed by atoms with Crippen LogP contribution in [0.4, 0.5) is 4.39 Å². The largest absolute Gasteiger partial charge is 0.312 e. The third kappa shape index (κ3) is 2.33. The van der Waals surface area contributed by atoms with Gasteiger partial charge in [0.25, 0.3) is 5.56 Å². The molecule has 19 heavy (non-hydrogen) atoms. The summed E-state index contributed by atoms with van der Waals surface area (Å²) >= 11 is 3.35. The zero-order valence-corrected chi connectivity index (χ0v) is 11.6. The van der Waals surface area contributed by atoms with E-state index in [2.05, 4.69) is 31.2 Å². The molecule has 4 nitrogen and oxygen atoms in total. The van der Waals surface area contributed by atoms with Crippen molar-refractivity contribution in [1.29, 1.82) is 0 Å². The van der Waals surface area contributed by atoms with Gasteiger partial charge in [-0.2, -0.15) is 0 Å². The van der Waals surface area contributed by atoms with E-state index in [9.17, 15) is 9.18 Å². The van der Waals surface area contributed by atoms with Crippen LogP contribution in [0.2, 0.25) is 0 Å². The second-order valence-electron chi connectivity index (χ2n) is 4.39. The number of aromatic nitrogens is 2. The Morgan fingerprint density at radius 1 is 1.37 bits per heavy atom. The summed E-state index contributed by atoms with van der Waals surface area (Å²) in [6.45, 7) is 1.33. The first-order chi connectivity index (χ1) is 9.15. The van der Waals surface area contributed by atoms with Gasteiger partial charge in [-0.3, -0.25) is 4.79 Å². The number of hydrogen-bond acceptors (Lipinski definition) is 3. The van der Waals surface area contributed by atoms with E-state index in [0.717, 1.165) is 12.2 Å². The lowest BCUT2D eigenvalue weighted by molar-refractivity contribution is 0.620. The highest BCUT2D eigenvalue weighted by Gasteiger charge is 2.16. The number of aromatic amines is 1. The Labute approximate surface area is 117 Å². The standard InChI is InChI=1S/C13H11BrFN3O/c14-10-2-1-7(15)5-8(10)12-17-11-3-4-16-6-9(11)13(19)18-12/h1-2,5,16H,3-4,6H2,(H,17,18,19). The quantitative estimate of drug-likeness (QED) is 0.843. The molecule has 0 fully saturated rings. The third-order valence-corrected chi connectivity index (χ3v) is 3.82. The number of nitrogens with one attached hydrogen (secondary N) is 2. The summed E-state index contributed by atoms with van der Waals surface area (Å²) in [4.78, 5) is 19.2. The van der Waals surface area contributed by atoms with Gasteiger partial charge in [-0.15, -0.1) is 0 Å². The Balaban J connectivity index is 2.18. The molecule has 1 aliphatic rings. The molecular formula is C13H11BrFN3O. The van der Waals surface area contributed by atoms with E-state index in [0.29, 0.717) is 34.4 Å². The molecule has 0 saturated carbocycles. The van der Waals surface area contributed by atoms with Crippen molar-refractivity contribution in [2.75, 3.05) is 6.54 Å². The molecule has 3 rings (SSSR count). The monoisotopic (exact) mass is 323 g/mol. The minimum atomic E-state index is -0.361. The lowest BCUT2D eigenvalue weighted by Crippen LogP contribution is -2.31. The van der Waals surface area contributed by atoms with Gasteiger partial charge in [0.1, 0.15) is 11.6 Å². The Bertz CT molecular complexity index is 699. The van der Waals surface area contributed by atoms with Crippen LogP contribution in [0.3, 0.4) is 0 Å². The van der Waals surface area contributed by atoms with E-state index in [1.165, 1.54) is 12.1 Å². The van der Waals surface area contributed by atoms with Gasteiger partial charge in [0.2, 0.25) is 0 Å². The molecule has 2 heterocycles. The van der Waals surface area contributed by atoms with Gasteiger partial charge in [0.15, 0.2) is 0 Å². The summed E-state index contributed by atoms with van der Waals surface area (Å²) in [6, 6.07) is 4.31. The Kier molecular flexibility index (Phi) is 3.20. The topological polar surface area (TPSA) is 57.8 Å². The molecule has 0 spiro atoms. The summed E-state index contributed by atoms with van der Waals surface area (Å²) < 4.78 is 14.0. The van der Waals surface area contributed by atoms with Crippen molar-refractivity contribution >= 4 is 15.9 Å². The molecule has 1 aromatic carbocycles. The number of rotatable bonds is 1. The van der Waals surface area contributed by atoms with Crippen molar-refractivity contribution in [2.45, 2.75) is 13.0 Å². The fraction of sp³-hybridized carbons (Fsp3) is 0.231. The van der Waals surface area contributed by atoms with Crippen molar-refractivity contribution in [3.8, 4) is 11.4 Å². The fourth-order valence-electron chi connectivity index (χ4n) is 2.16. The lowest BCUT2D eigenvalue weighted by Gasteiger charge is -2.16. The van der Waals surface area contributed by atoms with Crippen LogP contribution >= 0.6 is 15.9 Å². The molecule has 0 amide bonds. The molecule has 6 heteroatoms. The summed E-state index contributed by atoms with van der Waals surface area (Å²) in [6.07, 6.45) is 0.708. The highest BCUT2D eigenvalue weighted by molar-refractivity contribution is 9.10. The zero-order chi connectivity index (χ0) is 13.4. The maximum Gasteiger partial charge on any atom is 0.255 e. The zero-order valence-electron chi connectivity index (χ0n) is 9.96. The maximum atomic E-state index is 13.3. The number of nitrogens with zero attached hydrogens (tertiary/aromatic N) is 1. The summed E-state index contributed by atoms with van der Waals surface area (Å²) in [5.41, 5.74) is 1.85. The van der Waals surface area contributed by atoms with Gasteiger partial charge in [-0.05, 0) is 18.2 Å². The Morgan fingerprint density at radius 2 is 2.21 bits per heavy atom. The molecule has 0 unspecified atom stereocenters. The molecule has 2 aromatic rings. The number of fused-ring (bicyclic) bond motifs is 1. The number of halogens is 2. The van der Waals surface area contributed by atoms with E-state index >= 15 is 0 Å². The summed E-state index contributed by atoms with van der Waals surface area (Å²) in [7, 11) is 0. The van der Waals surface area contributed by atoms with Gasteiger partial charge in [0.05, 0.1) is 11.3 Å². The van der Waals surface area contributed by atoms with Crippen LogP contribution in [-0.4, -0.2) is 16.5 Å². The summed E-state index contributed by atoms with van der Waals surface area (Å²) in [5, 5.41) is 3.13. The van der Waals surface area contributed by atoms with Crippen molar-refractivity contribution in [3.63, 3.8) is 0 Å². The molecule has 0 bridgehead atoms. The van der Waals surface area contributed by atoms with E-state index in [1.54, 1.807) is 6.07 Å². The minimum Gasteiger partial charge on any atom is -0.312 e. The first-order valence-corrected chi connectivity index (χ1v) is 6.72. The molecule has 1 aliphatic heterocycles. The molecule has 2 N–H and O–H groups in total. The normalized spacial score (nSPS) is 14.2. The molecular weight excluding hydrogens is 313 g/mol. The smallest absolute Gasteiger partial charge is 0.255 e. The van der Waals surface area contributed by atoms with E-state index in [-0.39, 0.29) is 11.4 Å². The van der Waals surface area contributed by atoms with Crippen molar-refractivity contribution in [1.82, 2.24) is 15.3 Å². The molecule has 0 saturated heterocycles. The van der Waals surface area contributed by atoms with E-state index in [1.807, 2.05) is 0 Å². The minimum absolute atomic E-state index is 0.164. The van der Waals surface area contributed by atoms with Crippen molar-refractivity contribution < 1.29 is 4.39 Å². The van der Waals surface area contributed by atoms with Crippen LogP contribution in [-0.2, 0) is 13.0 Å². The highest BCUT2D eigenvalue weighted by atomic mass is 79.9. The van der Waals surface area contributed by atoms with E-state index < -0.39 is 0 Å². The van der Waals surface area contributed by atoms with Crippen LogP contribution in [0.25, 0.3) is 11.4 Å². The average Bonchev–Trinajstić information content (AvgIpc) is 2.41. The van der Waals surface area contributed by atoms with Crippen molar-refractivity contribution in [3.05, 3.63) is 50.1 Å². The highest BCUT2D eigenvalue weighted by Crippen LogP contribution is 2.26. The molecule has 0 aliphatic carbocycles. The van der Waals surface area contributed by atoms with Crippen molar-refractivity contribution in [2.24, 2.45) is 0 Å². The van der Waals surface area contributed by atoms with Crippen LogP contribution in [0, 0.1) is 5.82 Å². The predicted octanol–water partition coefficient (Wildman–Crippen LogP) is 1.98. The molecule has 1 aromatic heterocycles. The molecule has 0 atom stereocenters. The van der Waals surface area contributed by atoms with Gasteiger partial charge >= 0.3 is 0 Å². The number of H-pyrrole nitrogens is 1. The van der Waals surface area contributed by atoms with Gasteiger partial charge in [-0.1, -0.05) is 15.9 Å². The molecule has 98 valence electrons. The van der Waals surface area contributed by atoms with Gasteiger partial charge in [0, 0.05) is 29.5 Å². The Morgan fingerprint density at radius 3 is 3.05 bits per heavy atom. The first kappa shape index (κ1) is 12.5. The third-order valence-electron chi connectivity index (χ3n) is 3.13. The number of hydrogen-bond donors (Lipinski definition) is 2. The predicted molar refractivity (Wildman–Crippen MR) is 73.4 cm³/mol. The second kappa shape index (κ2) is 4.86. The first-order valence-electron chi connectivity index (χ1n) is 5.93. The van der Waals surface area contributed by atoms with Crippen LogP contribution in [0.5, 0.6) is 0 Å². The van der Waals surface area contributed by atoms with Crippen LogP contribution in [0.15, 0.2) is 27.5 Å². The van der Waals surface area contributed by atoms with Crippen LogP contribution < -0.4 is 10.9 Å². The second-order valence-corrected chi connectivity index (χ2v) is 5.25. The maximum absolute atomic E-state index is 13.3. The summed E-state index contributed by atoms with van der Waals surface area (Å²) in [5.74, 6) is 0.0391. The van der Waals surface area contributed by atoms with E-state index in [4.69, 9.17) is 0 Å².